The first-order valence-electron chi connectivity index (χ1n) is 7.61. The van der Waals surface area contributed by atoms with E-state index in [1.54, 1.807) is 6.07 Å². The average Bonchev–Trinajstić information content (AvgIpc) is 2.92. The summed E-state index contributed by atoms with van der Waals surface area (Å²) in [7, 11) is 0. The highest BCUT2D eigenvalue weighted by atomic mass is 19.4. The molecule has 0 bridgehead atoms. The maximum absolute atomic E-state index is 13.3. The third kappa shape index (κ3) is 2.60. The summed E-state index contributed by atoms with van der Waals surface area (Å²) in [6, 6.07) is 10.8. The number of aromatic nitrogens is 1. The number of carbonyl (C=O) groups is 1. The molecule has 1 aromatic heterocycles. The number of benzene rings is 2. The highest BCUT2D eigenvalue weighted by Gasteiger charge is 2.34. The molecule has 2 nitrogen and oxygen atoms in total. The molecular formula is C19H16F3NO. The fourth-order valence-electron chi connectivity index (χ4n) is 3.03. The number of halogens is 3. The number of aromatic amines is 1. The van der Waals surface area contributed by atoms with Crippen LogP contribution in [-0.2, 0) is 6.18 Å². The van der Waals surface area contributed by atoms with E-state index in [-0.39, 0.29) is 22.7 Å². The van der Waals surface area contributed by atoms with E-state index in [1.165, 1.54) is 18.2 Å². The van der Waals surface area contributed by atoms with Crippen LogP contribution in [0.3, 0.4) is 0 Å². The molecule has 0 saturated heterocycles. The van der Waals surface area contributed by atoms with E-state index in [9.17, 15) is 18.0 Å². The molecule has 0 unspecified atom stereocenters. The van der Waals surface area contributed by atoms with Crippen LogP contribution in [0.5, 0.6) is 0 Å². The highest BCUT2D eigenvalue weighted by Crippen LogP contribution is 2.40. The van der Waals surface area contributed by atoms with E-state index in [0.717, 1.165) is 11.6 Å². The Morgan fingerprint density at radius 2 is 1.75 bits per heavy atom. The molecule has 5 heteroatoms. The summed E-state index contributed by atoms with van der Waals surface area (Å²) >= 11 is 0. The lowest BCUT2D eigenvalue weighted by Crippen LogP contribution is -2.07. The standard InChI is InChI=1S/C19H16F3NO/c1-11(2)12-7-5-8-13-15(10-24)18(23-17(12)13)14-6-3-4-9-16(14)19(20,21)22/h3-11,23H,1-2H3. The fraction of sp³-hybridized carbons (Fsp3) is 0.211. The summed E-state index contributed by atoms with van der Waals surface area (Å²) in [5.74, 6) is 0.178. The van der Waals surface area contributed by atoms with Gasteiger partial charge >= 0.3 is 6.18 Å². The van der Waals surface area contributed by atoms with Gasteiger partial charge in [-0.2, -0.15) is 13.2 Å². The minimum atomic E-state index is -4.49. The van der Waals surface area contributed by atoms with Crippen LogP contribution in [0, 0.1) is 0 Å². The van der Waals surface area contributed by atoms with Crippen LogP contribution in [0.2, 0.25) is 0 Å². The van der Waals surface area contributed by atoms with Gasteiger partial charge in [0.2, 0.25) is 0 Å². The van der Waals surface area contributed by atoms with Gasteiger partial charge in [0.25, 0.3) is 0 Å². The zero-order valence-electron chi connectivity index (χ0n) is 13.2. The molecular weight excluding hydrogens is 315 g/mol. The lowest BCUT2D eigenvalue weighted by atomic mass is 9.98. The molecule has 0 saturated carbocycles. The van der Waals surface area contributed by atoms with E-state index in [4.69, 9.17) is 0 Å². The molecule has 0 amide bonds. The summed E-state index contributed by atoms with van der Waals surface area (Å²) in [5, 5.41) is 0.642. The summed E-state index contributed by atoms with van der Waals surface area (Å²) < 4.78 is 40.0. The maximum Gasteiger partial charge on any atom is 0.417 e. The molecule has 0 aliphatic heterocycles. The number of para-hydroxylation sites is 1. The number of nitrogens with one attached hydrogen (secondary N) is 1. The Hall–Kier alpha value is -2.56. The zero-order chi connectivity index (χ0) is 17.5. The van der Waals surface area contributed by atoms with E-state index in [2.05, 4.69) is 4.98 Å². The monoisotopic (exact) mass is 331 g/mol. The topological polar surface area (TPSA) is 32.9 Å². The van der Waals surface area contributed by atoms with Gasteiger partial charge in [-0.3, -0.25) is 4.79 Å². The van der Waals surface area contributed by atoms with Crippen LogP contribution < -0.4 is 0 Å². The Labute approximate surface area is 137 Å². The van der Waals surface area contributed by atoms with Gasteiger partial charge in [-0.25, -0.2) is 0 Å². The normalized spacial score (nSPS) is 12.1. The van der Waals surface area contributed by atoms with Crippen molar-refractivity contribution in [2.75, 3.05) is 0 Å². The van der Waals surface area contributed by atoms with Gasteiger partial charge in [-0.1, -0.05) is 50.2 Å². The third-order valence-corrected chi connectivity index (χ3v) is 4.15. The molecule has 1 N–H and O–H groups in total. The molecule has 3 aromatic rings. The van der Waals surface area contributed by atoms with E-state index in [1.807, 2.05) is 26.0 Å². The number of hydrogen-bond donors (Lipinski definition) is 1. The second-order valence-electron chi connectivity index (χ2n) is 6.00. The maximum atomic E-state index is 13.3. The van der Waals surface area contributed by atoms with Crippen molar-refractivity contribution in [3.05, 3.63) is 59.2 Å². The molecule has 0 spiro atoms. The lowest BCUT2D eigenvalue weighted by Gasteiger charge is -2.12. The van der Waals surface area contributed by atoms with Gasteiger partial charge in [0.1, 0.15) is 0 Å². The highest BCUT2D eigenvalue weighted by molar-refractivity contribution is 6.05. The lowest BCUT2D eigenvalue weighted by molar-refractivity contribution is -0.137. The first kappa shape index (κ1) is 16.3. The van der Waals surface area contributed by atoms with Crippen LogP contribution in [-0.4, -0.2) is 11.3 Å². The molecule has 0 radical (unpaired) electrons. The van der Waals surface area contributed by atoms with Gasteiger partial charge in [0, 0.05) is 16.5 Å². The van der Waals surface area contributed by atoms with E-state index >= 15 is 0 Å². The molecule has 0 aliphatic carbocycles. The molecule has 24 heavy (non-hydrogen) atoms. The summed E-state index contributed by atoms with van der Waals surface area (Å²) in [4.78, 5) is 14.7. The minimum absolute atomic E-state index is 0.0157. The van der Waals surface area contributed by atoms with Gasteiger partial charge in [-0.05, 0) is 17.5 Å². The molecule has 0 fully saturated rings. The van der Waals surface area contributed by atoms with Gasteiger partial charge in [0.15, 0.2) is 6.29 Å². The van der Waals surface area contributed by atoms with Crippen molar-refractivity contribution >= 4 is 17.2 Å². The zero-order valence-corrected chi connectivity index (χ0v) is 13.2. The van der Waals surface area contributed by atoms with Crippen LogP contribution in [0.4, 0.5) is 13.2 Å². The Morgan fingerprint density at radius 3 is 2.38 bits per heavy atom. The second kappa shape index (κ2) is 5.82. The molecule has 3 rings (SSSR count). The quantitative estimate of drug-likeness (QED) is 0.605. The predicted molar refractivity (Wildman–Crippen MR) is 88.2 cm³/mol. The van der Waals surface area contributed by atoms with Crippen molar-refractivity contribution in [1.29, 1.82) is 0 Å². The van der Waals surface area contributed by atoms with Crippen molar-refractivity contribution in [2.24, 2.45) is 0 Å². The van der Waals surface area contributed by atoms with Gasteiger partial charge in [-0.15, -0.1) is 0 Å². The Balaban J connectivity index is 2.37. The van der Waals surface area contributed by atoms with Crippen molar-refractivity contribution in [1.82, 2.24) is 4.98 Å². The SMILES string of the molecule is CC(C)c1cccc2c(C=O)c(-c3ccccc3C(F)(F)F)[nH]c12. The van der Waals surface area contributed by atoms with Crippen LogP contribution in [0.25, 0.3) is 22.2 Å². The van der Waals surface area contributed by atoms with Crippen LogP contribution in [0.15, 0.2) is 42.5 Å². The first-order valence-corrected chi connectivity index (χ1v) is 7.61. The Bertz CT molecular complexity index is 907. The van der Waals surface area contributed by atoms with Crippen molar-refractivity contribution in [3.63, 3.8) is 0 Å². The third-order valence-electron chi connectivity index (χ3n) is 4.15. The molecule has 0 aliphatic rings. The fourth-order valence-corrected chi connectivity index (χ4v) is 3.03. The predicted octanol–water partition coefficient (Wildman–Crippen LogP) is 5.79. The van der Waals surface area contributed by atoms with E-state index < -0.39 is 11.7 Å². The Kier molecular flexibility index (Phi) is 3.95. The van der Waals surface area contributed by atoms with Crippen LogP contribution >= 0.6 is 0 Å². The smallest absolute Gasteiger partial charge is 0.354 e. The van der Waals surface area contributed by atoms with E-state index in [0.29, 0.717) is 17.2 Å². The summed E-state index contributed by atoms with van der Waals surface area (Å²) in [6.45, 7) is 4.00. The summed E-state index contributed by atoms with van der Waals surface area (Å²) in [6.07, 6.45) is -3.87. The first-order chi connectivity index (χ1) is 11.3. The van der Waals surface area contributed by atoms with Gasteiger partial charge < -0.3 is 4.98 Å². The average molecular weight is 331 g/mol. The molecule has 1 heterocycles. The Morgan fingerprint density at radius 1 is 1.04 bits per heavy atom. The molecule has 124 valence electrons. The molecule has 0 atom stereocenters. The minimum Gasteiger partial charge on any atom is -0.354 e. The number of rotatable bonds is 3. The van der Waals surface area contributed by atoms with Gasteiger partial charge in [0.05, 0.1) is 16.8 Å². The van der Waals surface area contributed by atoms with Crippen molar-refractivity contribution in [2.45, 2.75) is 25.9 Å². The number of H-pyrrole nitrogens is 1. The number of alkyl halides is 3. The summed E-state index contributed by atoms with van der Waals surface area (Å²) in [5.41, 5.74) is 1.36. The second-order valence-corrected chi connectivity index (χ2v) is 6.00. The van der Waals surface area contributed by atoms with Crippen molar-refractivity contribution < 1.29 is 18.0 Å². The number of carbonyl (C=O) groups excluding carboxylic acids is 1. The largest absolute Gasteiger partial charge is 0.417 e. The number of hydrogen-bond acceptors (Lipinski definition) is 1. The number of aldehydes is 1. The number of fused-ring (bicyclic) bond motifs is 1. The molecule has 2 aromatic carbocycles. The van der Waals surface area contributed by atoms with Crippen molar-refractivity contribution in [3.8, 4) is 11.3 Å². The van der Waals surface area contributed by atoms with Crippen LogP contribution in [0.1, 0.15) is 41.3 Å².